The molecule has 3 heterocycles. The zero-order chi connectivity index (χ0) is 37.0. The van der Waals surface area contributed by atoms with E-state index in [0.29, 0.717) is 49.8 Å². The Bertz CT molecular complexity index is 1980. The molecule has 4 atom stereocenters. The van der Waals surface area contributed by atoms with Crippen molar-refractivity contribution >= 4 is 11.8 Å². The van der Waals surface area contributed by atoms with Crippen molar-refractivity contribution in [2.75, 3.05) is 32.8 Å². The molecule has 2 fully saturated rings. The van der Waals surface area contributed by atoms with E-state index >= 15 is 0 Å². The molecule has 2 N–H and O–H groups in total. The summed E-state index contributed by atoms with van der Waals surface area (Å²) in [6.07, 6.45) is 7.47. The van der Waals surface area contributed by atoms with Crippen LogP contribution in [-0.4, -0.2) is 71.7 Å². The molecule has 3 aliphatic heterocycles. The van der Waals surface area contributed by atoms with Crippen molar-refractivity contribution in [2.45, 2.75) is 81.9 Å². The smallest absolute Gasteiger partial charge is 0.255 e. The van der Waals surface area contributed by atoms with Gasteiger partial charge in [0.15, 0.2) is 0 Å². The lowest BCUT2D eigenvalue weighted by atomic mass is 9.69. The summed E-state index contributed by atoms with van der Waals surface area (Å²) in [4.78, 5) is 29.8. The first-order valence-corrected chi connectivity index (χ1v) is 19.7. The zero-order valence-corrected chi connectivity index (χ0v) is 31.1. The zero-order valence-electron chi connectivity index (χ0n) is 31.1. The molecule has 4 aromatic carbocycles. The van der Waals surface area contributed by atoms with E-state index in [2.05, 4.69) is 83.5 Å². The van der Waals surface area contributed by atoms with E-state index in [1.807, 2.05) is 24.3 Å². The highest BCUT2D eigenvalue weighted by Gasteiger charge is 2.38. The minimum Gasteiger partial charge on any atom is -0.508 e. The van der Waals surface area contributed by atoms with Crippen molar-refractivity contribution in [2.24, 2.45) is 0 Å². The molecule has 0 bridgehead atoms. The number of amides is 2. The maximum absolute atomic E-state index is 13.1. The molecular formula is C46H51N3O5. The molecule has 1 aliphatic carbocycles. The van der Waals surface area contributed by atoms with Crippen LogP contribution in [0.5, 0.6) is 11.5 Å². The summed E-state index contributed by atoms with van der Waals surface area (Å²) < 4.78 is 12.6. The number of aromatic hydroxyl groups is 1. The summed E-state index contributed by atoms with van der Waals surface area (Å²) in [7, 11) is 0. The van der Waals surface area contributed by atoms with Crippen molar-refractivity contribution in [3.05, 3.63) is 142 Å². The molecule has 4 aromatic rings. The lowest BCUT2D eigenvalue weighted by Crippen LogP contribution is -2.49. The van der Waals surface area contributed by atoms with E-state index in [0.717, 1.165) is 80.7 Å². The number of ether oxygens (including phenoxy) is 2. The predicted octanol–water partition coefficient (Wildman–Crippen LogP) is 7.49. The Morgan fingerprint density at radius 2 is 1.70 bits per heavy atom. The summed E-state index contributed by atoms with van der Waals surface area (Å²) >= 11 is 0. The van der Waals surface area contributed by atoms with Gasteiger partial charge in [0.2, 0.25) is 5.91 Å². The van der Waals surface area contributed by atoms with Crippen LogP contribution in [-0.2, 0) is 28.9 Å². The molecule has 1 unspecified atom stereocenters. The van der Waals surface area contributed by atoms with Crippen molar-refractivity contribution in [1.29, 1.82) is 0 Å². The van der Waals surface area contributed by atoms with Gasteiger partial charge in [0, 0.05) is 36.8 Å². The summed E-state index contributed by atoms with van der Waals surface area (Å²) in [5.41, 5.74) is 8.74. The van der Waals surface area contributed by atoms with Crippen molar-refractivity contribution in [3.63, 3.8) is 0 Å². The molecule has 0 spiro atoms. The first-order valence-electron chi connectivity index (χ1n) is 19.7. The molecule has 280 valence electrons. The van der Waals surface area contributed by atoms with Crippen molar-refractivity contribution < 1.29 is 24.2 Å². The fraction of sp³-hybridized carbons (Fsp3) is 0.391. The third-order valence-corrected chi connectivity index (χ3v) is 11.8. The molecule has 54 heavy (non-hydrogen) atoms. The second-order valence-corrected chi connectivity index (χ2v) is 15.4. The summed E-state index contributed by atoms with van der Waals surface area (Å²) in [6.45, 7) is 8.63. The number of fused-ring (bicyclic) bond motifs is 2. The summed E-state index contributed by atoms with van der Waals surface area (Å²) in [5.74, 6) is 1.64. The molecule has 2 amide bonds. The number of rotatable bonds is 12. The van der Waals surface area contributed by atoms with Gasteiger partial charge in [-0.1, -0.05) is 67.2 Å². The van der Waals surface area contributed by atoms with Gasteiger partial charge >= 0.3 is 0 Å². The highest BCUT2D eigenvalue weighted by Crippen LogP contribution is 2.47. The Balaban J connectivity index is 0.787. The molecule has 0 aromatic heterocycles. The minimum atomic E-state index is -0.438. The molecule has 0 radical (unpaired) electrons. The molecule has 8 heteroatoms. The number of carbonyl (C=O) groups is 2. The maximum Gasteiger partial charge on any atom is 0.255 e. The van der Waals surface area contributed by atoms with E-state index < -0.39 is 6.04 Å². The van der Waals surface area contributed by atoms with Gasteiger partial charge < -0.3 is 29.7 Å². The normalized spacial score (nSPS) is 22.8. The van der Waals surface area contributed by atoms with Gasteiger partial charge in [-0.25, -0.2) is 0 Å². The van der Waals surface area contributed by atoms with Crippen LogP contribution in [0.4, 0.5) is 0 Å². The van der Waals surface area contributed by atoms with E-state index in [1.165, 1.54) is 22.3 Å². The number of piperidine rings is 2. The van der Waals surface area contributed by atoms with Gasteiger partial charge in [0.25, 0.3) is 5.91 Å². The SMILES string of the molecule is C=C1CC[C@H](N2Cc3cc(CCOC4CCCN(CCCOc5ccc([C@H]6c7ccc(O)cc7CC[C@H]6c6ccccc6)cc5)C4)ccc3C2=O)C(=O)N1. The molecule has 4 aliphatic rings. The number of phenolic OH excluding ortho intramolecular Hbond substituents is 1. The van der Waals surface area contributed by atoms with Gasteiger partial charge in [-0.05, 0) is 128 Å². The van der Waals surface area contributed by atoms with Crippen LogP contribution < -0.4 is 10.1 Å². The number of carbonyl (C=O) groups excluding carboxylic acids is 2. The minimum absolute atomic E-state index is 0.0624. The van der Waals surface area contributed by atoms with E-state index in [9.17, 15) is 14.7 Å². The standard InChI is InChI=1S/C46H51N3O5/c1-31-10-21-43(45(51)47-31)49-29-36-27-32(11-18-42(36)46(49)52)22-26-54-39-9-5-23-48(30-39)24-6-25-53-38-16-12-34(13-17-38)44-40(33-7-3-2-4-8-33)19-14-35-28-37(50)15-20-41(35)44/h2-4,7-8,11-13,15-18,20,27-28,39-40,43-44,50H,1,5-6,9-10,14,19,21-26,29-30H2,(H,47,51)/t39?,40-,43-,44+/m0/s1. The van der Waals surface area contributed by atoms with Crippen LogP contribution in [0.2, 0.25) is 0 Å². The average molecular weight is 726 g/mol. The maximum atomic E-state index is 13.1. The Morgan fingerprint density at radius 3 is 2.54 bits per heavy atom. The van der Waals surface area contributed by atoms with E-state index in [1.54, 1.807) is 4.90 Å². The third kappa shape index (κ3) is 7.96. The van der Waals surface area contributed by atoms with Crippen molar-refractivity contribution in [1.82, 2.24) is 15.1 Å². The number of allylic oxidation sites excluding steroid dienone is 1. The van der Waals surface area contributed by atoms with Gasteiger partial charge in [0.1, 0.15) is 17.5 Å². The quantitative estimate of drug-likeness (QED) is 0.147. The first-order chi connectivity index (χ1) is 26.4. The molecule has 8 rings (SSSR count). The van der Waals surface area contributed by atoms with Gasteiger partial charge in [-0.2, -0.15) is 0 Å². The molecule has 0 saturated carbocycles. The number of nitrogens with one attached hydrogen (secondary N) is 1. The van der Waals surface area contributed by atoms with Gasteiger partial charge in [-0.15, -0.1) is 0 Å². The first kappa shape index (κ1) is 36.1. The fourth-order valence-corrected chi connectivity index (χ4v) is 9.09. The third-order valence-electron chi connectivity index (χ3n) is 11.8. The van der Waals surface area contributed by atoms with Crippen LogP contribution in [0, 0.1) is 0 Å². The number of benzene rings is 4. The fourth-order valence-electron chi connectivity index (χ4n) is 9.09. The Hall–Kier alpha value is -4.92. The topological polar surface area (TPSA) is 91.3 Å². The highest BCUT2D eigenvalue weighted by atomic mass is 16.5. The van der Waals surface area contributed by atoms with Crippen LogP contribution in [0.3, 0.4) is 0 Å². The van der Waals surface area contributed by atoms with Gasteiger partial charge in [-0.3, -0.25) is 9.59 Å². The van der Waals surface area contributed by atoms with E-state index in [4.69, 9.17) is 9.47 Å². The molecule has 2 saturated heterocycles. The van der Waals surface area contributed by atoms with Crippen LogP contribution in [0.25, 0.3) is 0 Å². The van der Waals surface area contributed by atoms with Crippen molar-refractivity contribution in [3.8, 4) is 11.5 Å². The Morgan fingerprint density at radius 1 is 0.852 bits per heavy atom. The summed E-state index contributed by atoms with van der Waals surface area (Å²) in [5, 5.41) is 13.0. The average Bonchev–Trinajstić information content (AvgIpc) is 3.51. The van der Waals surface area contributed by atoms with E-state index in [-0.39, 0.29) is 23.8 Å². The van der Waals surface area contributed by atoms with Crippen LogP contribution in [0.1, 0.15) is 94.1 Å². The van der Waals surface area contributed by atoms with Gasteiger partial charge in [0.05, 0.1) is 19.3 Å². The Kier molecular flexibility index (Phi) is 10.8. The monoisotopic (exact) mass is 725 g/mol. The molecular weight excluding hydrogens is 675 g/mol. The Labute approximate surface area is 318 Å². The second kappa shape index (κ2) is 16.2. The van der Waals surface area contributed by atoms with Crippen LogP contribution >= 0.6 is 0 Å². The number of hydrogen-bond donors (Lipinski definition) is 2. The predicted molar refractivity (Wildman–Crippen MR) is 210 cm³/mol. The second-order valence-electron chi connectivity index (χ2n) is 15.4. The lowest BCUT2D eigenvalue weighted by Gasteiger charge is -2.35. The lowest BCUT2D eigenvalue weighted by molar-refractivity contribution is -0.126. The number of nitrogens with zero attached hydrogens (tertiary/aromatic N) is 2. The number of hydrogen-bond acceptors (Lipinski definition) is 6. The highest BCUT2D eigenvalue weighted by molar-refractivity contribution is 6.01. The van der Waals surface area contributed by atoms with Crippen LogP contribution in [0.15, 0.2) is 103 Å². The largest absolute Gasteiger partial charge is 0.508 e. The number of phenols is 1. The summed E-state index contributed by atoms with van der Waals surface area (Å²) in [6, 6.07) is 30.9. The molecule has 8 nitrogen and oxygen atoms in total. The number of aryl methyl sites for hydroxylation is 1. The number of likely N-dealkylation sites (tertiary alicyclic amines) is 1.